The number of piperidine rings is 1. The van der Waals surface area contributed by atoms with Gasteiger partial charge in [0.25, 0.3) is 0 Å². The number of methoxy groups -OCH3 is 1. The fraction of sp³-hybridized carbons (Fsp3) is 0.615. The molecule has 1 aromatic carbocycles. The second kappa shape index (κ2) is 9.75. The van der Waals surface area contributed by atoms with E-state index in [4.69, 9.17) is 19.4 Å². The van der Waals surface area contributed by atoms with Crippen LogP contribution in [0.5, 0.6) is 5.75 Å². The lowest BCUT2D eigenvalue weighted by Crippen LogP contribution is -2.45. The topological polar surface area (TPSA) is 50.7 Å². The minimum atomic E-state index is 0.427. The summed E-state index contributed by atoms with van der Waals surface area (Å²) < 4.78 is 11.0. The molecule has 6 nitrogen and oxygen atoms in total. The first-order valence-electron chi connectivity index (χ1n) is 12.3. The van der Waals surface area contributed by atoms with Gasteiger partial charge in [-0.1, -0.05) is 12.1 Å². The van der Waals surface area contributed by atoms with E-state index >= 15 is 0 Å². The molecule has 3 aliphatic heterocycles. The van der Waals surface area contributed by atoms with Crippen LogP contribution in [-0.2, 0) is 17.7 Å². The zero-order valence-corrected chi connectivity index (χ0v) is 19.6. The van der Waals surface area contributed by atoms with E-state index in [1.165, 1.54) is 36.2 Å². The Hall–Kier alpha value is -2.18. The molecule has 4 heterocycles. The summed E-state index contributed by atoms with van der Waals surface area (Å²) in [5.74, 6) is 3.55. The van der Waals surface area contributed by atoms with Gasteiger partial charge in [-0.05, 0) is 69.7 Å². The lowest BCUT2D eigenvalue weighted by molar-refractivity contribution is 0.0235. The second-order valence-corrected chi connectivity index (χ2v) is 9.52. The van der Waals surface area contributed by atoms with E-state index in [0.29, 0.717) is 12.0 Å². The molecule has 32 heavy (non-hydrogen) atoms. The van der Waals surface area contributed by atoms with Crippen molar-refractivity contribution >= 4 is 5.82 Å². The van der Waals surface area contributed by atoms with Crippen molar-refractivity contribution in [2.24, 2.45) is 0 Å². The van der Waals surface area contributed by atoms with Crippen molar-refractivity contribution in [3.8, 4) is 5.75 Å². The van der Waals surface area contributed by atoms with Gasteiger partial charge in [-0.25, -0.2) is 9.97 Å². The van der Waals surface area contributed by atoms with E-state index in [2.05, 4.69) is 34.9 Å². The lowest BCUT2D eigenvalue weighted by atomic mass is 9.93. The maximum Gasteiger partial charge on any atom is 0.136 e. The molecule has 172 valence electrons. The number of nitrogens with zero attached hydrogens (tertiary/aromatic N) is 4. The van der Waals surface area contributed by atoms with E-state index in [0.717, 1.165) is 75.9 Å². The van der Waals surface area contributed by atoms with Gasteiger partial charge in [0.05, 0.1) is 7.11 Å². The van der Waals surface area contributed by atoms with E-state index in [1.807, 2.05) is 6.07 Å². The minimum Gasteiger partial charge on any atom is -0.497 e. The van der Waals surface area contributed by atoms with Gasteiger partial charge in [0.1, 0.15) is 17.4 Å². The van der Waals surface area contributed by atoms with Crippen LogP contribution in [0.3, 0.4) is 0 Å². The SMILES string of the molecule is COc1cccc(CN2CCCc3c(C)nc([C@@H]4CCCN(C5CCOCC5)C4)nc32)c1. The maximum atomic E-state index is 5.59. The Balaban J connectivity index is 1.38. The summed E-state index contributed by atoms with van der Waals surface area (Å²) in [4.78, 5) is 15.4. The Labute approximate surface area is 191 Å². The predicted octanol–water partition coefficient (Wildman–Crippen LogP) is 4.10. The van der Waals surface area contributed by atoms with Crippen molar-refractivity contribution in [2.45, 2.75) is 64.0 Å². The Kier molecular flexibility index (Phi) is 6.60. The molecule has 0 radical (unpaired) electrons. The first-order chi connectivity index (χ1) is 15.7. The Morgan fingerprint density at radius 1 is 1.09 bits per heavy atom. The van der Waals surface area contributed by atoms with E-state index in [-0.39, 0.29) is 0 Å². The number of rotatable bonds is 5. The van der Waals surface area contributed by atoms with Crippen molar-refractivity contribution in [1.29, 1.82) is 0 Å². The summed E-state index contributed by atoms with van der Waals surface area (Å²) in [6.45, 7) is 8.17. The molecule has 0 spiro atoms. The number of likely N-dealkylation sites (tertiary alicyclic amines) is 1. The van der Waals surface area contributed by atoms with Crippen LogP contribution in [0.25, 0.3) is 0 Å². The Morgan fingerprint density at radius 2 is 1.97 bits per heavy atom. The molecule has 0 saturated carbocycles. The zero-order chi connectivity index (χ0) is 21.9. The fourth-order valence-electron chi connectivity index (χ4n) is 5.64. The normalized spacial score (nSPS) is 22.6. The zero-order valence-electron chi connectivity index (χ0n) is 19.6. The average molecular weight is 437 g/mol. The van der Waals surface area contributed by atoms with Crippen LogP contribution in [0.15, 0.2) is 24.3 Å². The van der Waals surface area contributed by atoms with Crippen LogP contribution in [0.1, 0.15) is 60.7 Å². The van der Waals surface area contributed by atoms with Crippen molar-refractivity contribution in [2.75, 3.05) is 44.9 Å². The van der Waals surface area contributed by atoms with Crippen LogP contribution in [0.4, 0.5) is 5.82 Å². The van der Waals surface area contributed by atoms with Gasteiger partial charge in [-0.2, -0.15) is 0 Å². The largest absolute Gasteiger partial charge is 0.497 e. The molecular formula is C26H36N4O2. The van der Waals surface area contributed by atoms with Gasteiger partial charge >= 0.3 is 0 Å². The Morgan fingerprint density at radius 3 is 2.81 bits per heavy atom. The highest BCUT2D eigenvalue weighted by Gasteiger charge is 2.31. The second-order valence-electron chi connectivity index (χ2n) is 9.52. The monoisotopic (exact) mass is 436 g/mol. The van der Waals surface area contributed by atoms with Crippen molar-refractivity contribution in [1.82, 2.24) is 14.9 Å². The highest BCUT2D eigenvalue weighted by Crippen LogP contribution is 2.33. The summed E-state index contributed by atoms with van der Waals surface area (Å²) in [5, 5.41) is 0. The molecule has 6 heteroatoms. The first kappa shape index (κ1) is 21.7. The van der Waals surface area contributed by atoms with Gasteiger partial charge in [-0.15, -0.1) is 0 Å². The summed E-state index contributed by atoms with van der Waals surface area (Å²) in [6, 6.07) is 9.05. The van der Waals surface area contributed by atoms with Crippen LogP contribution in [0.2, 0.25) is 0 Å². The number of aryl methyl sites for hydroxylation is 1. The third-order valence-corrected chi connectivity index (χ3v) is 7.40. The average Bonchev–Trinajstić information content (AvgIpc) is 2.85. The van der Waals surface area contributed by atoms with Crippen LogP contribution in [0, 0.1) is 6.92 Å². The number of benzene rings is 1. The van der Waals surface area contributed by atoms with Crippen molar-refractivity contribution in [3.63, 3.8) is 0 Å². The molecule has 0 amide bonds. The smallest absolute Gasteiger partial charge is 0.136 e. The highest BCUT2D eigenvalue weighted by atomic mass is 16.5. The molecule has 2 fully saturated rings. The molecule has 0 aliphatic carbocycles. The molecular weight excluding hydrogens is 400 g/mol. The molecule has 1 aromatic heterocycles. The number of aromatic nitrogens is 2. The standard InChI is InChI=1S/C26H36N4O2/c1-19-24-9-5-13-30(17-20-6-3-8-23(16-20)31-2)26(24)28-25(27-19)21-7-4-12-29(18-21)22-10-14-32-15-11-22/h3,6,8,16,21-22H,4-5,7,9-15,17-18H2,1-2H3/t21-/m1/s1. The minimum absolute atomic E-state index is 0.427. The van der Waals surface area contributed by atoms with Gasteiger partial charge < -0.3 is 14.4 Å². The van der Waals surface area contributed by atoms with E-state index in [1.54, 1.807) is 7.11 Å². The lowest BCUT2D eigenvalue weighted by Gasteiger charge is -2.40. The van der Waals surface area contributed by atoms with Gasteiger partial charge in [-0.3, -0.25) is 4.90 Å². The third kappa shape index (κ3) is 4.62. The van der Waals surface area contributed by atoms with Crippen LogP contribution < -0.4 is 9.64 Å². The first-order valence-corrected chi connectivity index (χ1v) is 12.3. The molecule has 2 aromatic rings. The summed E-state index contributed by atoms with van der Waals surface area (Å²) in [7, 11) is 1.73. The fourth-order valence-corrected chi connectivity index (χ4v) is 5.64. The molecule has 5 rings (SSSR count). The Bertz CT molecular complexity index is 928. The molecule has 0 N–H and O–H groups in total. The van der Waals surface area contributed by atoms with Gasteiger partial charge in [0, 0.05) is 56.1 Å². The van der Waals surface area contributed by atoms with Gasteiger partial charge in [0.2, 0.25) is 0 Å². The molecule has 0 unspecified atom stereocenters. The van der Waals surface area contributed by atoms with Crippen LogP contribution in [-0.4, -0.2) is 60.9 Å². The number of ether oxygens (including phenoxy) is 2. The number of fused-ring (bicyclic) bond motifs is 1. The molecule has 1 atom stereocenters. The summed E-state index contributed by atoms with van der Waals surface area (Å²) in [6.07, 6.45) is 6.97. The quantitative estimate of drug-likeness (QED) is 0.703. The number of anilines is 1. The van der Waals surface area contributed by atoms with Crippen molar-refractivity contribution < 1.29 is 9.47 Å². The van der Waals surface area contributed by atoms with Gasteiger partial charge in [0.15, 0.2) is 0 Å². The molecule has 3 aliphatic rings. The number of hydrogen-bond acceptors (Lipinski definition) is 6. The summed E-state index contributed by atoms with van der Waals surface area (Å²) in [5.41, 5.74) is 3.77. The van der Waals surface area contributed by atoms with Crippen LogP contribution >= 0.6 is 0 Å². The van der Waals surface area contributed by atoms with E-state index < -0.39 is 0 Å². The number of hydrogen-bond donors (Lipinski definition) is 0. The maximum absolute atomic E-state index is 5.59. The summed E-state index contributed by atoms with van der Waals surface area (Å²) >= 11 is 0. The molecule has 0 bridgehead atoms. The molecule has 2 saturated heterocycles. The third-order valence-electron chi connectivity index (χ3n) is 7.40. The van der Waals surface area contributed by atoms with Crippen molar-refractivity contribution in [3.05, 3.63) is 46.9 Å². The predicted molar refractivity (Wildman–Crippen MR) is 127 cm³/mol. The highest BCUT2D eigenvalue weighted by molar-refractivity contribution is 5.52. The van der Waals surface area contributed by atoms with E-state index in [9.17, 15) is 0 Å².